The molecule has 0 radical (unpaired) electrons. The monoisotopic (exact) mass is 405 g/mol. The molecule has 0 aliphatic carbocycles. The molecule has 0 spiro atoms. The Hall–Kier alpha value is -2.38. The van der Waals surface area contributed by atoms with E-state index in [2.05, 4.69) is 15.0 Å². The van der Waals surface area contributed by atoms with Gasteiger partial charge in [0, 0.05) is 23.6 Å². The molecule has 3 rings (SSSR count). The number of nitrogens with one attached hydrogen (secondary N) is 2. The summed E-state index contributed by atoms with van der Waals surface area (Å²) in [5.74, 6) is 0.0760. The van der Waals surface area contributed by atoms with Gasteiger partial charge in [-0.1, -0.05) is 36.7 Å². The summed E-state index contributed by atoms with van der Waals surface area (Å²) in [7, 11) is -3.71. The van der Waals surface area contributed by atoms with Crippen molar-refractivity contribution in [3.05, 3.63) is 53.1 Å². The summed E-state index contributed by atoms with van der Waals surface area (Å²) in [4.78, 5) is 12.4. The Balaban J connectivity index is 1.62. The summed E-state index contributed by atoms with van der Waals surface area (Å²) in [6.07, 6.45) is 0.573. The first-order valence-electron chi connectivity index (χ1n) is 8.50. The quantitative estimate of drug-likeness (QED) is 0.779. The van der Waals surface area contributed by atoms with Crippen molar-refractivity contribution in [3.8, 4) is 0 Å². The number of hydrogen-bond acceptors (Lipinski definition) is 4. The van der Waals surface area contributed by atoms with E-state index in [0.717, 1.165) is 5.56 Å². The summed E-state index contributed by atoms with van der Waals surface area (Å²) in [5.41, 5.74) is 2.08. The van der Waals surface area contributed by atoms with Crippen LogP contribution in [0.25, 0.3) is 0 Å². The first-order chi connectivity index (χ1) is 12.7. The standard InChI is InChI=1S/C19H20ClN3O3S/c1-12(10-19(24)21-14-8-7-13(2)15(20)11-14)9-18-22-16-5-3-4-6-17(16)27(25,26)23-18/h3-8,11-12H,9-10H2,1-2H3,(H,21,24)(H,22,23). The van der Waals surface area contributed by atoms with E-state index in [9.17, 15) is 13.2 Å². The number of aryl methyl sites for hydroxylation is 1. The molecule has 142 valence electrons. The lowest BCUT2D eigenvalue weighted by Crippen LogP contribution is -2.25. The van der Waals surface area contributed by atoms with Crippen LogP contribution in [0.5, 0.6) is 0 Å². The number of carbonyl (C=O) groups is 1. The van der Waals surface area contributed by atoms with Crippen molar-refractivity contribution < 1.29 is 13.2 Å². The van der Waals surface area contributed by atoms with E-state index in [4.69, 9.17) is 11.6 Å². The Morgan fingerprint density at radius 2 is 2.00 bits per heavy atom. The van der Waals surface area contributed by atoms with Gasteiger partial charge in [0.05, 0.1) is 5.69 Å². The second kappa shape index (κ2) is 7.70. The predicted molar refractivity (Wildman–Crippen MR) is 108 cm³/mol. The number of rotatable bonds is 5. The van der Waals surface area contributed by atoms with Gasteiger partial charge >= 0.3 is 0 Å². The van der Waals surface area contributed by atoms with Gasteiger partial charge in [-0.25, -0.2) is 0 Å². The highest BCUT2D eigenvalue weighted by Crippen LogP contribution is 2.28. The summed E-state index contributed by atoms with van der Waals surface area (Å²) in [5, 5.41) is 6.44. The van der Waals surface area contributed by atoms with Gasteiger partial charge in [-0.3, -0.25) is 4.79 Å². The number of hydrogen-bond donors (Lipinski definition) is 2. The van der Waals surface area contributed by atoms with Crippen LogP contribution < -0.4 is 10.6 Å². The molecule has 1 amide bonds. The molecule has 6 nitrogen and oxygen atoms in total. The summed E-state index contributed by atoms with van der Waals surface area (Å²) in [6.45, 7) is 3.76. The molecule has 1 aliphatic heterocycles. The molecule has 1 atom stereocenters. The molecule has 2 aromatic carbocycles. The zero-order chi connectivity index (χ0) is 19.6. The van der Waals surface area contributed by atoms with Crippen molar-refractivity contribution in [2.75, 3.05) is 10.6 Å². The van der Waals surface area contributed by atoms with E-state index in [1.54, 1.807) is 30.3 Å². The zero-order valence-corrected chi connectivity index (χ0v) is 16.6. The Labute approximate surface area is 163 Å². The van der Waals surface area contributed by atoms with Crippen LogP contribution in [0.3, 0.4) is 0 Å². The van der Waals surface area contributed by atoms with Crippen molar-refractivity contribution in [2.24, 2.45) is 10.3 Å². The second-order valence-electron chi connectivity index (χ2n) is 6.66. The maximum Gasteiger partial charge on any atom is 0.286 e. The van der Waals surface area contributed by atoms with Gasteiger partial charge < -0.3 is 10.6 Å². The maximum atomic E-state index is 12.3. The molecular weight excluding hydrogens is 386 g/mol. The molecule has 0 aromatic heterocycles. The van der Waals surface area contributed by atoms with E-state index in [-0.39, 0.29) is 23.1 Å². The highest BCUT2D eigenvalue weighted by molar-refractivity contribution is 7.90. The lowest BCUT2D eigenvalue weighted by atomic mass is 10.0. The molecule has 8 heteroatoms. The smallest absolute Gasteiger partial charge is 0.286 e. The third-order valence-electron chi connectivity index (χ3n) is 4.21. The maximum absolute atomic E-state index is 12.3. The average Bonchev–Trinajstić information content (AvgIpc) is 2.57. The molecule has 0 saturated heterocycles. The van der Waals surface area contributed by atoms with Crippen molar-refractivity contribution in [3.63, 3.8) is 0 Å². The van der Waals surface area contributed by atoms with Crippen molar-refractivity contribution in [1.29, 1.82) is 0 Å². The number of benzene rings is 2. The van der Waals surface area contributed by atoms with Gasteiger partial charge in [0.25, 0.3) is 10.0 Å². The topological polar surface area (TPSA) is 87.6 Å². The SMILES string of the molecule is Cc1ccc(NC(=O)CC(C)CC2=NS(=O)(=O)c3ccccc3N2)cc1Cl. The minimum atomic E-state index is -3.71. The van der Waals surface area contributed by atoms with Crippen LogP contribution in [0.15, 0.2) is 51.8 Å². The fourth-order valence-corrected chi connectivity index (χ4v) is 4.19. The van der Waals surface area contributed by atoms with Crippen LogP contribution in [0.4, 0.5) is 11.4 Å². The minimum Gasteiger partial charge on any atom is -0.342 e. The lowest BCUT2D eigenvalue weighted by molar-refractivity contribution is -0.116. The number of nitrogens with zero attached hydrogens (tertiary/aromatic N) is 1. The third-order valence-corrected chi connectivity index (χ3v) is 5.99. The summed E-state index contributed by atoms with van der Waals surface area (Å²) in [6, 6.07) is 12.0. The minimum absolute atomic E-state index is 0.0994. The lowest BCUT2D eigenvalue weighted by Gasteiger charge is -2.20. The van der Waals surface area contributed by atoms with Gasteiger partial charge in [-0.15, -0.1) is 4.40 Å². The van der Waals surface area contributed by atoms with Crippen LogP contribution in [0.1, 0.15) is 25.3 Å². The molecule has 1 aliphatic rings. The zero-order valence-electron chi connectivity index (χ0n) is 15.0. The summed E-state index contributed by atoms with van der Waals surface area (Å²) >= 11 is 6.07. The number of amides is 1. The van der Waals surface area contributed by atoms with Crippen LogP contribution >= 0.6 is 11.6 Å². The molecule has 0 bridgehead atoms. The van der Waals surface area contributed by atoms with Gasteiger partial charge in [0.15, 0.2) is 0 Å². The van der Waals surface area contributed by atoms with E-state index in [1.807, 2.05) is 19.9 Å². The predicted octanol–water partition coefficient (Wildman–Crippen LogP) is 4.22. The average molecular weight is 406 g/mol. The molecule has 0 fully saturated rings. The van der Waals surface area contributed by atoms with Crippen molar-refractivity contribution in [2.45, 2.75) is 31.6 Å². The number of amidine groups is 1. The van der Waals surface area contributed by atoms with Gasteiger partial charge in [0.1, 0.15) is 10.7 Å². The first-order valence-corrected chi connectivity index (χ1v) is 10.3. The number of anilines is 2. The van der Waals surface area contributed by atoms with Crippen LogP contribution in [-0.4, -0.2) is 20.2 Å². The van der Waals surface area contributed by atoms with Crippen LogP contribution in [-0.2, 0) is 14.8 Å². The van der Waals surface area contributed by atoms with E-state index >= 15 is 0 Å². The van der Waals surface area contributed by atoms with Crippen LogP contribution in [0, 0.1) is 12.8 Å². The van der Waals surface area contributed by atoms with E-state index in [1.165, 1.54) is 6.07 Å². The molecule has 2 aromatic rings. The Bertz CT molecular complexity index is 1020. The largest absolute Gasteiger partial charge is 0.342 e. The highest BCUT2D eigenvalue weighted by atomic mass is 35.5. The number of fused-ring (bicyclic) bond motifs is 1. The van der Waals surface area contributed by atoms with Crippen molar-refractivity contribution >= 4 is 44.7 Å². The highest BCUT2D eigenvalue weighted by Gasteiger charge is 2.25. The number of para-hydroxylation sites is 1. The van der Waals surface area contributed by atoms with Gasteiger partial charge in [-0.05, 0) is 42.7 Å². The molecule has 27 heavy (non-hydrogen) atoms. The molecule has 1 heterocycles. The van der Waals surface area contributed by atoms with Crippen LogP contribution in [0.2, 0.25) is 5.02 Å². The summed E-state index contributed by atoms with van der Waals surface area (Å²) < 4.78 is 28.4. The third kappa shape index (κ3) is 4.67. The molecule has 0 saturated carbocycles. The molecule has 1 unspecified atom stereocenters. The molecule has 2 N–H and O–H groups in total. The van der Waals surface area contributed by atoms with E-state index in [0.29, 0.717) is 28.7 Å². The normalized spacial score (nSPS) is 15.9. The van der Waals surface area contributed by atoms with Gasteiger partial charge in [-0.2, -0.15) is 8.42 Å². The Kier molecular flexibility index (Phi) is 5.53. The van der Waals surface area contributed by atoms with Crippen molar-refractivity contribution in [1.82, 2.24) is 0 Å². The Morgan fingerprint density at radius 3 is 2.74 bits per heavy atom. The fourth-order valence-electron chi connectivity index (χ4n) is 2.86. The number of halogens is 1. The van der Waals surface area contributed by atoms with E-state index < -0.39 is 10.0 Å². The first kappa shape index (κ1) is 19.4. The fraction of sp³-hybridized carbons (Fsp3) is 0.263. The Morgan fingerprint density at radius 1 is 1.26 bits per heavy atom. The molecular formula is C19H20ClN3O3S. The number of carbonyl (C=O) groups excluding carboxylic acids is 1. The second-order valence-corrected chi connectivity index (χ2v) is 8.64. The van der Waals surface area contributed by atoms with Gasteiger partial charge in [0.2, 0.25) is 5.91 Å². The number of sulfonamides is 1.